The molecule has 1 aromatic carbocycles. The largest absolute Gasteiger partial charge is 0.497 e. The van der Waals surface area contributed by atoms with Crippen molar-refractivity contribution in [3.63, 3.8) is 0 Å². The first-order valence-electron chi connectivity index (χ1n) is 6.98. The first-order valence-corrected chi connectivity index (χ1v) is 6.98. The Morgan fingerprint density at radius 1 is 1.45 bits per heavy atom. The van der Waals surface area contributed by atoms with Crippen molar-refractivity contribution in [1.82, 2.24) is 15.6 Å². The molecule has 0 radical (unpaired) electrons. The summed E-state index contributed by atoms with van der Waals surface area (Å²) >= 11 is 0. The number of methoxy groups -OCH3 is 1. The number of benzene rings is 1. The van der Waals surface area contributed by atoms with E-state index in [2.05, 4.69) is 15.6 Å². The van der Waals surface area contributed by atoms with Crippen LogP contribution < -0.4 is 15.4 Å². The van der Waals surface area contributed by atoms with Gasteiger partial charge >= 0.3 is 0 Å². The Balaban J connectivity index is 0.00000176. The molecule has 1 aliphatic rings. The van der Waals surface area contributed by atoms with E-state index in [0.717, 1.165) is 16.7 Å². The maximum absolute atomic E-state index is 13.0. The molecule has 5 nitrogen and oxygen atoms in total. The van der Waals surface area contributed by atoms with E-state index in [-0.39, 0.29) is 24.4 Å². The van der Waals surface area contributed by atoms with Crippen LogP contribution in [-0.2, 0) is 0 Å². The van der Waals surface area contributed by atoms with Gasteiger partial charge in [-0.25, -0.2) is 4.39 Å². The zero-order valence-corrected chi connectivity index (χ0v) is 13.0. The lowest BCUT2D eigenvalue weighted by atomic mass is 10.2. The van der Waals surface area contributed by atoms with Crippen molar-refractivity contribution < 1.29 is 13.9 Å². The maximum atomic E-state index is 13.0. The van der Waals surface area contributed by atoms with Gasteiger partial charge in [-0.3, -0.25) is 4.79 Å². The first-order chi connectivity index (χ1) is 10.2. The highest BCUT2D eigenvalue weighted by Crippen LogP contribution is 2.21. The Hall–Kier alpha value is -1.79. The minimum absolute atomic E-state index is 0. The summed E-state index contributed by atoms with van der Waals surface area (Å²) < 4.78 is 18.2. The van der Waals surface area contributed by atoms with Gasteiger partial charge < -0.3 is 20.4 Å². The molecule has 2 heterocycles. The van der Waals surface area contributed by atoms with Crippen LogP contribution in [-0.4, -0.2) is 43.3 Å². The number of halogens is 2. The third kappa shape index (κ3) is 3.51. The summed E-state index contributed by atoms with van der Waals surface area (Å²) in [6.45, 7) is 0.796. The van der Waals surface area contributed by atoms with Gasteiger partial charge in [0, 0.05) is 30.0 Å². The molecule has 3 rings (SSSR count). The van der Waals surface area contributed by atoms with E-state index in [0.29, 0.717) is 25.2 Å². The molecule has 7 heteroatoms. The molecule has 1 aromatic heterocycles. The van der Waals surface area contributed by atoms with Gasteiger partial charge in [0.2, 0.25) is 0 Å². The molecule has 1 aliphatic heterocycles. The third-order valence-corrected chi connectivity index (χ3v) is 3.75. The number of amides is 1. The number of carbonyl (C=O) groups excluding carboxylic acids is 1. The molecular weight excluding hydrogens is 309 g/mol. The Bertz CT molecular complexity index is 661. The molecule has 1 saturated heterocycles. The fourth-order valence-corrected chi connectivity index (χ4v) is 2.60. The van der Waals surface area contributed by atoms with Crippen LogP contribution in [0, 0.1) is 0 Å². The summed E-state index contributed by atoms with van der Waals surface area (Å²) in [5.74, 6) is 0.562. The SMILES string of the molecule is COc1ccc2[nH]c(C(=O)NC[C@@H]3C[C@H](F)CN3)cc2c1.Cl. The van der Waals surface area contributed by atoms with Crippen LogP contribution in [0.3, 0.4) is 0 Å². The summed E-state index contributed by atoms with van der Waals surface area (Å²) in [7, 11) is 1.61. The van der Waals surface area contributed by atoms with Crippen LogP contribution in [0.15, 0.2) is 24.3 Å². The van der Waals surface area contributed by atoms with Crippen LogP contribution in [0.5, 0.6) is 5.75 Å². The normalized spacial score (nSPS) is 20.6. The van der Waals surface area contributed by atoms with Crippen molar-refractivity contribution in [3.05, 3.63) is 30.0 Å². The van der Waals surface area contributed by atoms with E-state index < -0.39 is 6.17 Å². The fourth-order valence-electron chi connectivity index (χ4n) is 2.60. The minimum Gasteiger partial charge on any atom is -0.497 e. The topological polar surface area (TPSA) is 66.2 Å². The number of fused-ring (bicyclic) bond motifs is 1. The Labute approximate surface area is 134 Å². The van der Waals surface area contributed by atoms with E-state index in [9.17, 15) is 9.18 Å². The second-order valence-corrected chi connectivity index (χ2v) is 5.28. The Morgan fingerprint density at radius 3 is 2.95 bits per heavy atom. The summed E-state index contributed by atoms with van der Waals surface area (Å²) in [5.41, 5.74) is 1.37. The van der Waals surface area contributed by atoms with E-state index in [1.807, 2.05) is 18.2 Å². The van der Waals surface area contributed by atoms with E-state index >= 15 is 0 Å². The highest BCUT2D eigenvalue weighted by Gasteiger charge is 2.23. The number of alkyl halides is 1. The van der Waals surface area contributed by atoms with Crippen molar-refractivity contribution in [2.24, 2.45) is 0 Å². The third-order valence-electron chi connectivity index (χ3n) is 3.75. The van der Waals surface area contributed by atoms with Crippen LogP contribution in [0.4, 0.5) is 4.39 Å². The highest BCUT2D eigenvalue weighted by molar-refractivity contribution is 5.98. The van der Waals surface area contributed by atoms with Gasteiger partial charge in [0.15, 0.2) is 0 Å². The molecule has 1 amide bonds. The predicted molar refractivity (Wildman–Crippen MR) is 85.7 cm³/mol. The summed E-state index contributed by atoms with van der Waals surface area (Å²) in [6, 6.07) is 7.37. The van der Waals surface area contributed by atoms with Crippen LogP contribution in [0.1, 0.15) is 16.9 Å². The van der Waals surface area contributed by atoms with Crippen molar-refractivity contribution in [2.45, 2.75) is 18.6 Å². The number of aromatic amines is 1. The number of carbonyl (C=O) groups is 1. The quantitative estimate of drug-likeness (QED) is 0.805. The van der Waals surface area contributed by atoms with Crippen LogP contribution in [0.2, 0.25) is 0 Å². The molecule has 0 spiro atoms. The molecule has 2 aromatic rings. The van der Waals surface area contributed by atoms with Crippen molar-refractivity contribution in [3.8, 4) is 5.75 Å². The summed E-state index contributed by atoms with van der Waals surface area (Å²) in [4.78, 5) is 15.2. The van der Waals surface area contributed by atoms with Gasteiger partial charge in [-0.05, 0) is 30.7 Å². The average Bonchev–Trinajstić information content (AvgIpc) is 3.09. The molecule has 0 saturated carbocycles. The van der Waals surface area contributed by atoms with Crippen LogP contribution in [0.25, 0.3) is 10.9 Å². The smallest absolute Gasteiger partial charge is 0.267 e. The number of hydrogen-bond donors (Lipinski definition) is 3. The van der Waals surface area contributed by atoms with Crippen molar-refractivity contribution in [2.75, 3.05) is 20.2 Å². The van der Waals surface area contributed by atoms with E-state index in [1.54, 1.807) is 13.2 Å². The van der Waals surface area contributed by atoms with E-state index in [4.69, 9.17) is 4.74 Å². The number of ether oxygens (including phenoxy) is 1. The van der Waals surface area contributed by atoms with Crippen LogP contribution >= 0.6 is 12.4 Å². The monoisotopic (exact) mass is 327 g/mol. The van der Waals surface area contributed by atoms with Crippen molar-refractivity contribution in [1.29, 1.82) is 0 Å². The Morgan fingerprint density at radius 2 is 2.27 bits per heavy atom. The van der Waals surface area contributed by atoms with E-state index in [1.165, 1.54) is 0 Å². The molecule has 1 fully saturated rings. The second kappa shape index (κ2) is 6.98. The summed E-state index contributed by atoms with van der Waals surface area (Å²) in [5, 5.41) is 6.78. The average molecular weight is 328 g/mol. The van der Waals surface area contributed by atoms with Gasteiger partial charge in [-0.1, -0.05) is 0 Å². The van der Waals surface area contributed by atoms with Gasteiger partial charge in [0.1, 0.15) is 17.6 Å². The fraction of sp³-hybridized carbons (Fsp3) is 0.400. The standard InChI is InChI=1S/C15H18FN3O2.ClH/c1-21-12-2-3-13-9(4-12)5-14(19-13)15(20)18-8-11-6-10(16)7-17-11;/h2-5,10-11,17,19H,6-8H2,1H3,(H,18,20);1H/t10-,11-;/m0./s1. The number of rotatable bonds is 4. The molecule has 2 atom stereocenters. The molecule has 0 aliphatic carbocycles. The maximum Gasteiger partial charge on any atom is 0.267 e. The lowest BCUT2D eigenvalue weighted by molar-refractivity contribution is 0.0946. The molecule has 3 N–H and O–H groups in total. The first kappa shape index (κ1) is 16.6. The number of H-pyrrole nitrogens is 1. The number of nitrogens with one attached hydrogen (secondary N) is 3. The zero-order valence-electron chi connectivity index (χ0n) is 12.2. The molecule has 22 heavy (non-hydrogen) atoms. The molecule has 120 valence electrons. The minimum atomic E-state index is -0.813. The molecule has 0 bridgehead atoms. The number of aromatic nitrogens is 1. The van der Waals surface area contributed by atoms with Gasteiger partial charge in [-0.2, -0.15) is 0 Å². The lowest BCUT2D eigenvalue weighted by Gasteiger charge is -2.10. The number of hydrogen-bond acceptors (Lipinski definition) is 3. The molecular formula is C15H19ClFN3O2. The van der Waals surface area contributed by atoms with Gasteiger partial charge in [0.25, 0.3) is 5.91 Å². The zero-order chi connectivity index (χ0) is 14.8. The molecule has 0 unspecified atom stereocenters. The lowest BCUT2D eigenvalue weighted by Crippen LogP contribution is -2.37. The Kier molecular flexibility index (Phi) is 5.26. The van der Waals surface area contributed by atoms with Gasteiger partial charge in [-0.15, -0.1) is 12.4 Å². The summed E-state index contributed by atoms with van der Waals surface area (Å²) in [6.07, 6.45) is -0.364. The second-order valence-electron chi connectivity index (χ2n) is 5.28. The van der Waals surface area contributed by atoms with Crippen molar-refractivity contribution >= 4 is 29.2 Å². The van der Waals surface area contributed by atoms with Gasteiger partial charge in [0.05, 0.1) is 7.11 Å². The predicted octanol–water partition coefficient (Wildman–Crippen LogP) is 2.03. The highest BCUT2D eigenvalue weighted by atomic mass is 35.5.